The number of anilines is 2. The number of pyridine rings is 1. The minimum absolute atomic E-state index is 0.186. The van der Waals surface area contributed by atoms with Gasteiger partial charge in [-0.25, -0.2) is 9.78 Å². The van der Waals surface area contributed by atoms with Crippen molar-refractivity contribution in [1.82, 2.24) is 15.0 Å². The number of para-hydroxylation sites is 1. The zero-order valence-electron chi connectivity index (χ0n) is 17.5. The fourth-order valence-corrected chi connectivity index (χ4v) is 4.16. The Balaban J connectivity index is 1.50. The first-order valence-electron chi connectivity index (χ1n) is 10.2. The fourth-order valence-electron chi connectivity index (χ4n) is 3.48. The highest BCUT2D eigenvalue weighted by Crippen LogP contribution is 2.34. The Labute approximate surface area is 191 Å². The van der Waals surface area contributed by atoms with Gasteiger partial charge in [-0.15, -0.1) is 11.3 Å². The SMILES string of the molecule is CCOC(=O)Oc1c[nH]c2c(=O)[nH]c3ccc(-c4csc(NNc5ccccc5)n4)cc3c12. The quantitative estimate of drug-likeness (QED) is 0.205. The topological polar surface area (TPSA) is 121 Å². The Kier molecular flexibility index (Phi) is 5.41. The fraction of sp³-hybridized carbons (Fsp3) is 0.0870. The van der Waals surface area contributed by atoms with E-state index in [4.69, 9.17) is 9.47 Å². The smallest absolute Gasteiger partial charge is 0.434 e. The Morgan fingerprint density at radius 3 is 2.82 bits per heavy atom. The van der Waals surface area contributed by atoms with Crippen LogP contribution < -0.4 is 21.1 Å². The van der Waals surface area contributed by atoms with Crippen molar-refractivity contribution in [1.29, 1.82) is 0 Å². The van der Waals surface area contributed by atoms with Crippen molar-refractivity contribution >= 4 is 50.1 Å². The average Bonchev–Trinajstić information content (AvgIpc) is 3.47. The molecule has 0 fully saturated rings. The van der Waals surface area contributed by atoms with Gasteiger partial charge in [-0.05, 0) is 31.2 Å². The second-order valence-electron chi connectivity index (χ2n) is 7.06. The van der Waals surface area contributed by atoms with E-state index in [0.717, 1.165) is 16.9 Å². The zero-order chi connectivity index (χ0) is 22.8. The van der Waals surface area contributed by atoms with Gasteiger partial charge in [0.05, 0.1) is 23.4 Å². The van der Waals surface area contributed by atoms with Gasteiger partial charge in [0.25, 0.3) is 5.56 Å². The number of hydrogen-bond acceptors (Lipinski definition) is 8. The third-order valence-electron chi connectivity index (χ3n) is 4.95. The van der Waals surface area contributed by atoms with E-state index in [-0.39, 0.29) is 17.9 Å². The summed E-state index contributed by atoms with van der Waals surface area (Å²) in [5, 5.41) is 3.86. The van der Waals surface area contributed by atoms with Crippen molar-refractivity contribution in [3.05, 3.63) is 70.5 Å². The van der Waals surface area contributed by atoms with E-state index in [9.17, 15) is 9.59 Å². The van der Waals surface area contributed by atoms with Gasteiger partial charge in [-0.2, -0.15) is 0 Å². The molecule has 33 heavy (non-hydrogen) atoms. The summed E-state index contributed by atoms with van der Waals surface area (Å²) in [5.41, 5.74) is 9.37. The number of ether oxygens (including phenoxy) is 2. The number of carbonyl (C=O) groups excluding carboxylic acids is 1. The number of nitrogens with zero attached hydrogens (tertiary/aromatic N) is 1. The summed E-state index contributed by atoms with van der Waals surface area (Å²) in [6.07, 6.45) is 0.646. The summed E-state index contributed by atoms with van der Waals surface area (Å²) < 4.78 is 10.2. The largest absolute Gasteiger partial charge is 0.513 e. The average molecular weight is 462 g/mol. The molecule has 10 heteroatoms. The van der Waals surface area contributed by atoms with Crippen LogP contribution in [0.2, 0.25) is 0 Å². The Morgan fingerprint density at radius 1 is 1.15 bits per heavy atom. The molecule has 4 N–H and O–H groups in total. The number of benzene rings is 2. The number of aromatic nitrogens is 3. The van der Waals surface area contributed by atoms with Crippen molar-refractivity contribution in [2.45, 2.75) is 6.92 Å². The first kappa shape index (κ1) is 20.6. The van der Waals surface area contributed by atoms with Gasteiger partial charge in [-0.3, -0.25) is 15.6 Å². The highest BCUT2D eigenvalue weighted by molar-refractivity contribution is 7.14. The van der Waals surface area contributed by atoms with Crippen LogP contribution in [0.4, 0.5) is 15.6 Å². The van der Waals surface area contributed by atoms with Crippen LogP contribution in [-0.4, -0.2) is 27.7 Å². The molecule has 0 saturated heterocycles. The summed E-state index contributed by atoms with van der Waals surface area (Å²) in [6, 6.07) is 15.3. The molecular weight excluding hydrogens is 442 g/mol. The molecule has 0 atom stereocenters. The number of rotatable bonds is 6. The third-order valence-corrected chi connectivity index (χ3v) is 5.71. The number of H-pyrrole nitrogens is 2. The molecule has 2 aromatic carbocycles. The molecule has 0 unspecified atom stereocenters. The van der Waals surface area contributed by atoms with Crippen LogP contribution in [0, 0.1) is 0 Å². The summed E-state index contributed by atoms with van der Waals surface area (Å²) in [6.45, 7) is 1.88. The number of nitrogens with one attached hydrogen (secondary N) is 4. The van der Waals surface area contributed by atoms with E-state index >= 15 is 0 Å². The first-order valence-corrected chi connectivity index (χ1v) is 11.0. The minimum atomic E-state index is -0.830. The molecule has 0 bridgehead atoms. The molecule has 5 aromatic rings. The van der Waals surface area contributed by atoms with E-state index in [1.165, 1.54) is 17.5 Å². The molecule has 5 rings (SSSR count). The van der Waals surface area contributed by atoms with Crippen molar-refractivity contribution in [2.75, 3.05) is 17.5 Å². The molecular formula is C23H19N5O4S. The highest BCUT2D eigenvalue weighted by Gasteiger charge is 2.17. The molecule has 0 spiro atoms. The van der Waals surface area contributed by atoms with Crippen molar-refractivity contribution in [2.24, 2.45) is 0 Å². The molecule has 3 aromatic heterocycles. The van der Waals surface area contributed by atoms with Crippen LogP contribution in [0.15, 0.2) is 64.9 Å². The van der Waals surface area contributed by atoms with Gasteiger partial charge in [0.2, 0.25) is 5.13 Å². The lowest BCUT2D eigenvalue weighted by Crippen LogP contribution is -2.10. The van der Waals surface area contributed by atoms with E-state index in [0.29, 0.717) is 26.9 Å². The Hall–Kier alpha value is -4.31. The van der Waals surface area contributed by atoms with Crippen LogP contribution >= 0.6 is 11.3 Å². The van der Waals surface area contributed by atoms with E-state index in [1.807, 2.05) is 47.8 Å². The predicted octanol–water partition coefficient (Wildman–Crippen LogP) is 5.11. The van der Waals surface area contributed by atoms with Crippen LogP contribution in [-0.2, 0) is 4.74 Å². The number of fused-ring (bicyclic) bond motifs is 3. The second-order valence-corrected chi connectivity index (χ2v) is 7.91. The van der Waals surface area contributed by atoms with Crippen molar-refractivity contribution in [3.63, 3.8) is 0 Å². The normalized spacial score (nSPS) is 10.9. The molecule has 0 aliphatic heterocycles. The van der Waals surface area contributed by atoms with Gasteiger partial charge >= 0.3 is 6.16 Å². The van der Waals surface area contributed by atoms with Gasteiger partial charge in [-0.1, -0.05) is 24.3 Å². The highest BCUT2D eigenvalue weighted by atomic mass is 32.1. The lowest BCUT2D eigenvalue weighted by atomic mass is 10.1. The molecule has 0 radical (unpaired) electrons. The maximum absolute atomic E-state index is 12.5. The van der Waals surface area contributed by atoms with Gasteiger partial charge in [0, 0.05) is 28.0 Å². The summed E-state index contributed by atoms with van der Waals surface area (Å²) >= 11 is 1.46. The monoisotopic (exact) mass is 461 g/mol. The van der Waals surface area contributed by atoms with Crippen molar-refractivity contribution in [3.8, 4) is 17.0 Å². The maximum Gasteiger partial charge on any atom is 0.513 e. The molecule has 3 heterocycles. The lowest BCUT2D eigenvalue weighted by Gasteiger charge is -2.07. The molecule has 0 saturated carbocycles. The Morgan fingerprint density at radius 2 is 2.00 bits per heavy atom. The second kappa shape index (κ2) is 8.67. The van der Waals surface area contributed by atoms with Crippen molar-refractivity contribution < 1.29 is 14.3 Å². The predicted molar refractivity (Wildman–Crippen MR) is 129 cm³/mol. The number of aromatic amines is 2. The maximum atomic E-state index is 12.5. The lowest BCUT2D eigenvalue weighted by molar-refractivity contribution is 0.105. The van der Waals surface area contributed by atoms with Gasteiger partial charge < -0.3 is 19.4 Å². The number of carbonyl (C=O) groups is 1. The van der Waals surface area contributed by atoms with Crippen LogP contribution in [0.1, 0.15) is 6.92 Å². The summed E-state index contributed by atoms with van der Waals surface area (Å²) in [5.74, 6) is 0.226. The van der Waals surface area contributed by atoms with Crippen LogP contribution in [0.3, 0.4) is 0 Å². The Bertz CT molecular complexity index is 1510. The molecule has 0 amide bonds. The van der Waals surface area contributed by atoms with Gasteiger partial charge in [0.1, 0.15) is 5.52 Å². The molecule has 0 aliphatic rings. The van der Waals surface area contributed by atoms with Gasteiger partial charge in [0.15, 0.2) is 5.75 Å². The molecule has 0 aliphatic carbocycles. The minimum Gasteiger partial charge on any atom is -0.434 e. The van der Waals surface area contributed by atoms with E-state index in [2.05, 4.69) is 25.8 Å². The molecule has 166 valence electrons. The third kappa shape index (κ3) is 4.11. The number of hydrazine groups is 1. The first-order chi connectivity index (χ1) is 16.1. The standard InChI is InChI=1S/C23H19N5O4S/c1-2-31-23(30)32-18-11-24-20-19(18)15-10-13(8-9-16(15)25-21(20)29)17-12-33-22(26-17)28-27-14-6-4-3-5-7-14/h3-12,24,27H,2H2,1H3,(H,25,29)(H,26,28). The number of hydrogen-bond donors (Lipinski definition) is 4. The zero-order valence-corrected chi connectivity index (χ0v) is 18.3. The van der Waals surface area contributed by atoms with Crippen LogP contribution in [0.25, 0.3) is 33.1 Å². The summed E-state index contributed by atoms with van der Waals surface area (Å²) in [4.78, 5) is 34.7. The molecule has 9 nitrogen and oxygen atoms in total. The number of thiazole rings is 1. The summed E-state index contributed by atoms with van der Waals surface area (Å²) in [7, 11) is 0. The van der Waals surface area contributed by atoms with E-state index < -0.39 is 6.16 Å². The van der Waals surface area contributed by atoms with E-state index in [1.54, 1.807) is 13.0 Å². The van der Waals surface area contributed by atoms with Crippen LogP contribution in [0.5, 0.6) is 5.75 Å².